The molecular weight excluding hydrogens is 484 g/mol. The van der Waals surface area contributed by atoms with Gasteiger partial charge in [-0.2, -0.15) is 18.6 Å². The molecule has 0 spiro atoms. The Labute approximate surface area is 207 Å². The number of ether oxygens (including phenoxy) is 2. The number of fused-ring (bicyclic) bond motifs is 1. The lowest BCUT2D eigenvalue weighted by molar-refractivity contribution is 0.0801. The Morgan fingerprint density at radius 1 is 0.943 bits per heavy atom. The first-order valence-corrected chi connectivity index (χ1v) is 16.4. The highest BCUT2D eigenvalue weighted by molar-refractivity contribution is 7.85. The van der Waals surface area contributed by atoms with Crippen LogP contribution in [0.5, 0.6) is 11.5 Å². The fourth-order valence-corrected chi connectivity index (χ4v) is 4.58. The highest BCUT2D eigenvalue weighted by atomic mass is 32.2. The molecule has 0 amide bonds. The maximum absolute atomic E-state index is 11.1. The van der Waals surface area contributed by atoms with Crippen LogP contribution in [0.4, 0.5) is 0 Å². The molecule has 9 nitrogen and oxygen atoms in total. The molecule has 0 aliphatic heterocycles. The molecule has 2 aromatic heterocycles. The topological polar surface area (TPSA) is 97.5 Å². The zero-order chi connectivity index (χ0) is 24.8. The second kappa shape index (κ2) is 11.2. The lowest BCUT2D eigenvalue weighted by Crippen LogP contribution is -2.11. The van der Waals surface area contributed by atoms with Gasteiger partial charge < -0.3 is 9.47 Å². The van der Waals surface area contributed by atoms with E-state index in [4.69, 9.17) is 13.7 Å². The predicted molar refractivity (Wildman–Crippen MR) is 138 cm³/mol. The normalized spacial score (nSPS) is 12.0. The van der Waals surface area contributed by atoms with E-state index >= 15 is 0 Å². The number of hydrogen-bond donors (Lipinski definition) is 0. The van der Waals surface area contributed by atoms with E-state index in [0.717, 1.165) is 41.1 Å². The molecule has 186 valence electrons. The molecule has 4 aromatic rings. The van der Waals surface area contributed by atoms with Crippen molar-refractivity contribution in [1.82, 2.24) is 19.6 Å². The van der Waals surface area contributed by atoms with Crippen molar-refractivity contribution >= 4 is 29.8 Å². The van der Waals surface area contributed by atoms with Gasteiger partial charge in [0.05, 0.1) is 36.8 Å². The van der Waals surface area contributed by atoms with Crippen LogP contribution in [-0.4, -0.2) is 56.2 Å². The lowest BCUT2D eigenvalue weighted by atomic mass is 10.1. The van der Waals surface area contributed by atoms with Crippen LogP contribution in [0.2, 0.25) is 19.1 Å². The van der Waals surface area contributed by atoms with E-state index in [9.17, 15) is 8.42 Å². The second-order valence-corrected chi connectivity index (χ2v) is 13.7. The van der Waals surface area contributed by atoms with E-state index in [1.807, 2.05) is 53.2 Å². The summed E-state index contributed by atoms with van der Waals surface area (Å²) in [4.78, 5) is 0. The van der Waals surface area contributed by atoms with E-state index in [1.54, 1.807) is 17.1 Å². The molecule has 0 fully saturated rings. The number of rotatable bonds is 12. The molecule has 11 heteroatoms. The van der Waals surface area contributed by atoms with E-state index in [2.05, 4.69) is 23.3 Å². The van der Waals surface area contributed by atoms with Gasteiger partial charge in [0.2, 0.25) is 0 Å². The first-order chi connectivity index (χ1) is 16.8. The Balaban J connectivity index is 1.38. The predicted octanol–water partition coefficient (Wildman–Crippen LogP) is 4.13. The van der Waals surface area contributed by atoms with Crippen molar-refractivity contribution in [3.05, 3.63) is 60.9 Å². The summed E-state index contributed by atoms with van der Waals surface area (Å²) in [6.07, 6.45) is 4.53. The highest BCUT2D eigenvalue weighted by Crippen LogP contribution is 2.28. The summed E-state index contributed by atoms with van der Waals surface area (Å²) in [5.41, 5.74) is 2.90. The van der Waals surface area contributed by atoms with Crippen molar-refractivity contribution in [2.45, 2.75) is 32.4 Å². The van der Waals surface area contributed by atoms with Crippen molar-refractivity contribution in [2.24, 2.45) is 0 Å². The van der Waals surface area contributed by atoms with Crippen LogP contribution in [0.3, 0.4) is 0 Å². The number of benzene rings is 2. The minimum atomic E-state index is -3.47. The third-order valence-electron chi connectivity index (χ3n) is 5.37. The molecule has 0 N–H and O–H groups in total. The second-order valence-electron chi connectivity index (χ2n) is 8.68. The summed E-state index contributed by atoms with van der Waals surface area (Å²) in [7, 11) is -4.08. The van der Waals surface area contributed by atoms with Crippen LogP contribution in [0.1, 0.15) is 0 Å². The Morgan fingerprint density at radius 3 is 2.46 bits per heavy atom. The van der Waals surface area contributed by atoms with Crippen molar-refractivity contribution in [3.63, 3.8) is 0 Å². The van der Waals surface area contributed by atoms with Gasteiger partial charge in [0.1, 0.15) is 18.2 Å². The molecule has 0 aliphatic rings. The van der Waals surface area contributed by atoms with Gasteiger partial charge in [-0.1, -0.05) is 13.1 Å². The number of aromatic nitrogens is 4. The molecule has 2 heterocycles. The minimum absolute atomic E-state index is 0.0325. The Morgan fingerprint density at radius 2 is 1.71 bits per heavy atom. The highest BCUT2D eigenvalue weighted by Gasteiger charge is 2.09. The molecule has 0 atom stereocenters. The monoisotopic (exact) mass is 514 g/mol. The van der Waals surface area contributed by atoms with Crippen molar-refractivity contribution in [3.8, 4) is 22.8 Å². The first-order valence-electron chi connectivity index (χ1n) is 11.5. The summed E-state index contributed by atoms with van der Waals surface area (Å²) in [6.45, 7) is 6.21. The standard InChI is InChI=1S/C24H30N4O5SSi/c1-34(29,30)32-13-12-27-23-9-8-22(16-20(23)17-26-27)33-21-6-4-19(5-7-21)24-10-11-25-28(24)18-31-14-15-35(2)3/h4-11,16-17,35H,12-15,18H2,1-3H3. The molecular formula is C24H30N4O5SSi. The Kier molecular flexibility index (Phi) is 8.01. The van der Waals surface area contributed by atoms with Gasteiger partial charge in [-0.15, -0.1) is 0 Å². The largest absolute Gasteiger partial charge is 0.457 e. The fourth-order valence-electron chi connectivity index (χ4n) is 3.56. The smallest absolute Gasteiger partial charge is 0.264 e. The fraction of sp³-hybridized carbons (Fsp3) is 0.333. The van der Waals surface area contributed by atoms with E-state index in [0.29, 0.717) is 24.8 Å². The zero-order valence-electron chi connectivity index (χ0n) is 20.1. The van der Waals surface area contributed by atoms with Gasteiger partial charge in [0, 0.05) is 32.6 Å². The third-order valence-corrected chi connectivity index (χ3v) is 7.35. The zero-order valence-corrected chi connectivity index (χ0v) is 22.1. The van der Waals surface area contributed by atoms with Crippen LogP contribution in [0, 0.1) is 0 Å². The molecule has 0 bridgehead atoms. The van der Waals surface area contributed by atoms with Gasteiger partial charge in [0.25, 0.3) is 10.1 Å². The molecule has 0 saturated carbocycles. The van der Waals surface area contributed by atoms with Crippen molar-refractivity contribution < 1.29 is 22.1 Å². The molecule has 0 saturated heterocycles. The summed E-state index contributed by atoms with van der Waals surface area (Å²) in [5, 5.41) is 9.59. The molecule has 35 heavy (non-hydrogen) atoms. The van der Waals surface area contributed by atoms with Crippen LogP contribution in [-0.2, 0) is 32.3 Å². The maximum atomic E-state index is 11.1. The minimum Gasteiger partial charge on any atom is -0.457 e. The van der Waals surface area contributed by atoms with Gasteiger partial charge in [0.15, 0.2) is 0 Å². The van der Waals surface area contributed by atoms with Crippen LogP contribution < -0.4 is 4.74 Å². The number of nitrogens with zero attached hydrogens (tertiary/aromatic N) is 4. The SMILES string of the molecule is C[SiH](C)CCOCn1nccc1-c1ccc(Oc2ccc3c(cnn3CCOS(C)(=O)=O)c2)cc1. The average Bonchev–Trinajstić information content (AvgIpc) is 3.43. The first kappa shape index (κ1) is 25.1. The molecule has 0 aliphatic carbocycles. The van der Waals surface area contributed by atoms with Crippen LogP contribution in [0.15, 0.2) is 60.9 Å². The molecule has 0 unspecified atom stereocenters. The van der Waals surface area contributed by atoms with Crippen molar-refractivity contribution in [2.75, 3.05) is 19.5 Å². The summed E-state index contributed by atoms with van der Waals surface area (Å²) in [5.74, 6) is 1.40. The summed E-state index contributed by atoms with van der Waals surface area (Å²) in [6, 6.07) is 16.6. The Hall–Kier alpha value is -2.99. The van der Waals surface area contributed by atoms with Gasteiger partial charge >= 0.3 is 0 Å². The molecule has 2 aromatic carbocycles. The number of hydrogen-bond acceptors (Lipinski definition) is 7. The van der Waals surface area contributed by atoms with Crippen LogP contribution in [0.25, 0.3) is 22.2 Å². The van der Waals surface area contributed by atoms with E-state index < -0.39 is 18.9 Å². The summed E-state index contributed by atoms with van der Waals surface area (Å²) < 4.78 is 42.5. The average molecular weight is 515 g/mol. The Bertz CT molecular complexity index is 1370. The van der Waals surface area contributed by atoms with Gasteiger partial charge in [-0.05, 0) is 54.6 Å². The molecule has 0 radical (unpaired) electrons. The third kappa shape index (κ3) is 7.01. The van der Waals surface area contributed by atoms with E-state index in [-0.39, 0.29) is 6.61 Å². The quantitative estimate of drug-likeness (QED) is 0.159. The van der Waals surface area contributed by atoms with Crippen molar-refractivity contribution in [1.29, 1.82) is 0 Å². The van der Waals surface area contributed by atoms with Gasteiger partial charge in [-0.3, -0.25) is 8.86 Å². The van der Waals surface area contributed by atoms with E-state index in [1.165, 1.54) is 0 Å². The van der Waals surface area contributed by atoms with Crippen LogP contribution >= 0.6 is 0 Å². The van der Waals surface area contributed by atoms with Gasteiger partial charge in [-0.25, -0.2) is 4.68 Å². The summed E-state index contributed by atoms with van der Waals surface area (Å²) >= 11 is 0. The lowest BCUT2D eigenvalue weighted by Gasteiger charge is -2.11. The molecule has 4 rings (SSSR count). The maximum Gasteiger partial charge on any atom is 0.264 e.